The van der Waals surface area contributed by atoms with E-state index in [1.165, 1.54) is 4.31 Å². The molecule has 0 aromatic heterocycles. The van der Waals surface area contributed by atoms with Crippen LogP contribution >= 0.6 is 0 Å². The molecule has 148 valence electrons. The van der Waals surface area contributed by atoms with Crippen molar-refractivity contribution in [3.8, 4) is 0 Å². The summed E-state index contributed by atoms with van der Waals surface area (Å²) in [5, 5.41) is 11.9. The highest BCUT2D eigenvalue weighted by molar-refractivity contribution is 7.89. The molecule has 1 saturated heterocycles. The Balaban J connectivity index is 1.49. The predicted molar refractivity (Wildman–Crippen MR) is 99.7 cm³/mol. The van der Waals surface area contributed by atoms with Gasteiger partial charge in [-0.3, -0.25) is 9.59 Å². The maximum Gasteiger partial charge on any atom is 0.306 e. The number of nitrogens with zero attached hydrogens (tertiary/aromatic N) is 1. The number of carbonyl (C=O) groups is 2. The monoisotopic (exact) mass is 394 g/mol. The summed E-state index contributed by atoms with van der Waals surface area (Å²) in [6, 6.07) is 6.66. The third kappa shape index (κ3) is 4.87. The quantitative estimate of drug-likeness (QED) is 0.734. The van der Waals surface area contributed by atoms with Gasteiger partial charge in [0, 0.05) is 25.6 Å². The fourth-order valence-electron chi connectivity index (χ4n) is 3.80. The van der Waals surface area contributed by atoms with Gasteiger partial charge in [-0.05, 0) is 56.2 Å². The van der Waals surface area contributed by atoms with E-state index in [1.54, 1.807) is 24.3 Å². The van der Waals surface area contributed by atoms with E-state index in [2.05, 4.69) is 5.32 Å². The lowest BCUT2D eigenvalue weighted by molar-refractivity contribution is -0.141. The van der Waals surface area contributed by atoms with E-state index < -0.39 is 16.0 Å². The summed E-state index contributed by atoms with van der Waals surface area (Å²) < 4.78 is 26.5. The third-order valence-electron chi connectivity index (χ3n) is 5.41. The molecule has 1 saturated carbocycles. The number of carboxylic acid groups (broad SMARTS) is 1. The van der Waals surface area contributed by atoms with Gasteiger partial charge in [-0.1, -0.05) is 12.1 Å². The van der Waals surface area contributed by atoms with Crippen LogP contribution in [0.3, 0.4) is 0 Å². The Hall–Kier alpha value is -1.93. The molecule has 8 heteroatoms. The summed E-state index contributed by atoms with van der Waals surface area (Å²) in [4.78, 5) is 23.3. The molecule has 0 spiro atoms. The van der Waals surface area contributed by atoms with E-state index in [-0.39, 0.29) is 17.9 Å². The number of rotatable bonds is 7. The second-order valence-electron chi connectivity index (χ2n) is 7.37. The molecule has 0 radical (unpaired) electrons. The molecule has 1 heterocycles. The van der Waals surface area contributed by atoms with Crippen molar-refractivity contribution in [3.05, 3.63) is 29.8 Å². The fraction of sp³-hybridized carbons (Fsp3) is 0.579. The Morgan fingerprint density at radius 1 is 1.11 bits per heavy atom. The summed E-state index contributed by atoms with van der Waals surface area (Å²) in [7, 11) is -3.41. The minimum absolute atomic E-state index is 0.0634. The van der Waals surface area contributed by atoms with Gasteiger partial charge in [-0.25, -0.2) is 8.42 Å². The van der Waals surface area contributed by atoms with Crippen LogP contribution in [-0.4, -0.2) is 48.8 Å². The first-order valence-corrected chi connectivity index (χ1v) is 10.9. The molecule has 27 heavy (non-hydrogen) atoms. The van der Waals surface area contributed by atoms with E-state index in [1.807, 2.05) is 0 Å². The smallest absolute Gasteiger partial charge is 0.306 e. The van der Waals surface area contributed by atoms with Crippen molar-refractivity contribution in [3.63, 3.8) is 0 Å². The number of amides is 1. The average molecular weight is 394 g/mol. The Bertz CT molecular complexity index is 785. The van der Waals surface area contributed by atoms with Gasteiger partial charge >= 0.3 is 5.97 Å². The lowest BCUT2D eigenvalue weighted by atomic mass is 10.1. The second-order valence-corrected chi connectivity index (χ2v) is 9.31. The molecule has 2 N–H and O–H groups in total. The number of hydrogen-bond donors (Lipinski definition) is 2. The van der Waals surface area contributed by atoms with Gasteiger partial charge in [0.2, 0.25) is 15.9 Å². The van der Waals surface area contributed by atoms with Crippen molar-refractivity contribution in [2.45, 2.75) is 55.9 Å². The van der Waals surface area contributed by atoms with Crippen LogP contribution in [0.25, 0.3) is 0 Å². The fourth-order valence-corrected chi connectivity index (χ4v) is 5.32. The SMILES string of the molecule is O=C(CCc1ccc(S(=O)(=O)N2CCCC2)cc1)N[C@@H]1CC[C@H](C(=O)O)C1. The van der Waals surface area contributed by atoms with Gasteiger partial charge in [-0.2, -0.15) is 4.31 Å². The highest BCUT2D eigenvalue weighted by atomic mass is 32.2. The normalized spacial score (nSPS) is 23.4. The van der Waals surface area contributed by atoms with Crippen LogP contribution in [0.1, 0.15) is 44.1 Å². The molecule has 7 nitrogen and oxygen atoms in total. The number of benzene rings is 1. The van der Waals surface area contributed by atoms with E-state index >= 15 is 0 Å². The largest absolute Gasteiger partial charge is 0.481 e. The minimum atomic E-state index is -3.41. The van der Waals surface area contributed by atoms with Crippen molar-refractivity contribution in [2.75, 3.05) is 13.1 Å². The minimum Gasteiger partial charge on any atom is -0.481 e. The molecule has 2 aliphatic rings. The van der Waals surface area contributed by atoms with Gasteiger partial charge < -0.3 is 10.4 Å². The van der Waals surface area contributed by atoms with Crippen molar-refractivity contribution < 1.29 is 23.1 Å². The van der Waals surface area contributed by atoms with Gasteiger partial charge in [0.1, 0.15) is 0 Å². The molecule has 0 bridgehead atoms. The zero-order valence-corrected chi connectivity index (χ0v) is 16.1. The highest BCUT2D eigenvalue weighted by Crippen LogP contribution is 2.26. The van der Waals surface area contributed by atoms with Crippen LogP contribution in [0, 0.1) is 5.92 Å². The van der Waals surface area contributed by atoms with Gasteiger partial charge in [0.25, 0.3) is 0 Å². The van der Waals surface area contributed by atoms with Crippen molar-refractivity contribution in [1.82, 2.24) is 9.62 Å². The lowest BCUT2D eigenvalue weighted by Gasteiger charge is -2.15. The van der Waals surface area contributed by atoms with E-state index in [9.17, 15) is 18.0 Å². The molecule has 0 unspecified atom stereocenters. The van der Waals surface area contributed by atoms with Crippen LogP contribution in [0.2, 0.25) is 0 Å². The third-order valence-corrected chi connectivity index (χ3v) is 7.33. The number of aliphatic carboxylic acids is 1. The van der Waals surface area contributed by atoms with E-state index in [0.29, 0.717) is 50.1 Å². The summed E-state index contributed by atoms with van der Waals surface area (Å²) >= 11 is 0. The number of carboxylic acids is 1. The molecule has 2 fully saturated rings. The van der Waals surface area contributed by atoms with Crippen LogP contribution in [0.15, 0.2) is 29.2 Å². The molecule has 1 aliphatic carbocycles. The van der Waals surface area contributed by atoms with E-state index in [4.69, 9.17) is 5.11 Å². The molecule has 1 aromatic rings. The topological polar surface area (TPSA) is 104 Å². The number of aryl methyl sites for hydroxylation is 1. The Morgan fingerprint density at radius 3 is 2.37 bits per heavy atom. The van der Waals surface area contributed by atoms with Gasteiger partial charge in [0.05, 0.1) is 10.8 Å². The molecule has 3 rings (SSSR count). The molecule has 1 aromatic carbocycles. The first-order valence-electron chi connectivity index (χ1n) is 9.47. The number of hydrogen-bond acceptors (Lipinski definition) is 4. The maximum atomic E-state index is 12.5. The summed E-state index contributed by atoms with van der Waals surface area (Å²) in [6.45, 7) is 1.16. The van der Waals surface area contributed by atoms with Crippen LogP contribution < -0.4 is 5.32 Å². The molecular formula is C19H26N2O5S. The zero-order chi connectivity index (χ0) is 19.4. The summed E-state index contributed by atoms with van der Waals surface area (Å²) in [5.74, 6) is -1.25. The van der Waals surface area contributed by atoms with Crippen molar-refractivity contribution in [2.24, 2.45) is 5.92 Å². The number of carbonyl (C=O) groups excluding carboxylic acids is 1. The predicted octanol–water partition coefficient (Wildman–Crippen LogP) is 1.77. The second kappa shape index (κ2) is 8.39. The molecule has 1 aliphatic heterocycles. The zero-order valence-electron chi connectivity index (χ0n) is 15.3. The number of nitrogens with one attached hydrogen (secondary N) is 1. The maximum absolute atomic E-state index is 12.5. The number of sulfonamides is 1. The first kappa shape index (κ1) is 19.8. The molecule has 2 atom stereocenters. The van der Waals surface area contributed by atoms with E-state index in [0.717, 1.165) is 18.4 Å². The average Bonchev–Trinajstić information content (AvgIpc) is 3.32. The van der Waals surface area contributed by atoms with Crippen LogP contribution in [0.4, 0.5) is 0 Å². The standard InChI is InChI=1S/C19H26N2O5S/c22-18(20-16-7-6-15(13-16)19(23)24)10-5-14-3-8-17(9-4-14)27(25,26)21-11-1-2-12-21/h3-4,8-9,15-16H,1-2,5-7,10-13H2,(H,20,22)(H,23,24)/t15-,16+/m0/s1. The highest BCUT2D eigenvalue weighted by Gasteiger charge is 2.30. The Morgan fingerprint density at radius 2 is 1.78 bits per heavy atom. The van der Waals surface area contributed by atoms with Crippen LogP contribution in [-0.2, 0) is 26.0 Å². The summed E-state index contributed by atoms with van der Waals surface area (Å²) in [5.41, 5.74) is 0.903. The van der Waals surface area contributed by atoms with Crippen molar-refractivity contribution >= 4 is 21.9 Å². The summed E-state index contributed by atoms with van der Waals surface area (Å²) in [6.07, 6.45) is 4.42. The lowest BCUT2D eigenvalue weighted by Crippen LogP contribution is -2.33. The van der Waals surface area contributed by atoms with Gasteiger partial charge in [0.15, 0.2) is 0 Å². The Kier molecular flexibility index (Phi) is 6.16. The van der Waals surface area contributed by atoms with Crippen LogP contribution in [0.5, 0.6) is 0 Å². The molecule has 1 amide bonds. The first-order chi connectivity index (χ1) is 12.9. The van der Waals surface area contributed by atoms with Crippen molar-refractivity contribution in [1.29, 1.82) is 0 Å². The Labute approximate surface area is 159 Å². The van der Waals surface area contributed by atoms with Gasteiger partial charge in [-0.15, -0.1) is 0 Å². The molecular weight excluding hydrogens is 368 g/mol.